The third kappa shape index (κ3) is 2.10. The van der Waals surface area contributed by atoms with Crippen LogP contribution < -0.4 is 16.6 Å². The van der Waals surface area contributed by atoms with Gasteiger partial charge in [-0.2, -0.15) is 5.10 Å². The van der Waals surface area contributed by atoms with E-state index >= 15 is 0 Å². The summed E-state index contributed by atoms with van der Waals surface area (Å²) in [6, 6.07) is 1.78. The van der Waals surface area contributed by atoms with Gasteiger partial charge in [-0.05, 0) is 6.07 Å². The fraction of sp³-hybridized carbons (Fsp3) is 0.333. The average molecular weight is 236 g/mol. The van der Waals surface area contributed by atoms with Gasteiger partial charge in [0, 0.05) is 20.3 Å². The SMILES string of the molecule is Cn1nc(NCc2ccn[nH]2)c(=O)n(C)c1=O. The van der Waals surface area contributed by atoms with E-state index in [9.17, 15) is 9.59 Å². The Labute approximate surface area is 95.9 Å². The summed E-state index contributed by atoms with van der Waals surface area (Å²) in [5.41, 5.74) is -0.0857. The number of H-pyrrole nitrogens is 1. The number of nitrogens with zero attached hydrogens (tertiary/aromatic N) is 4. The van der Waals surface area contributed by atoms with Gasteiger partial charge in [0.25, 0.3) is 5.56 Å². The quantitative estimate of drug-likeness (QED) is 0.698. The van der Waals surface area contributed by atoms with Gasteiger partial charge in [-0.15, -0.1) is 5.10 Å². The third-order valence-corrected chi connectivity index (χ3v) is 2.33. The van der Waals surface area contributed by atoms with Crippen LogP contribution in [0.2, 0.25) is 0 Å². The number of hydrogen-bond acceptors (Lipinski definition) is 5. The molecular weight excluding hydrogens is 224 g/mol. The predicted molar refractivity (Wildman–Crippen MR) is 60.6 cm³/mol. The largest absolute Gasteiger partial charge is 0.358 e. The van der Waals surface area contributed by atoms with Crippen LogP contribution in [0.5, 0.6) is 0 Å². The molecule has 0 aliphatic carbocycles. The molecule has 8 nitrogen and oxygen atoms in total. The molecule has 2 N–H and O–H groups in total. The molecule has 0 aromatic carbocycles. The van der Waals surface area contributed by atoms with Crippen molar-refractivity contribution in [2.24, 2.45) is 14.1 Å². The Morgan fingerprint density at radius 2 is 2.18 bits per heavy atom. The van der Waals surface area contributed by atoms with Crippen molar-refractivity contribution in [2.45, 2.75) is 6.54 Å². The molecule has 0 aliphatic heterocycles. The van der Waals surface area contributed by atoms with E-state index in [2.05, 4.69) is 20.6 Å². The molecule has 2 rings (SSSR count). The fourth-order valence-electron chi connectivity index (χ4n) is 1.37. The van der Waals surface area contributed by atoms with Gasteiger partial charge in [0.2, 0.25) is 5.82 Å². The summed E-state index contributed by atoms with van der Waals surface area (Å²) in [6.07, 6.45) is 1.61. The molecular formula is C9H12N6O2. The molecule has 0 fully saturated rings. The molecule has 0 saturated heterocycles. The molecule has 0 atom stereocenters. The zero-order chi connectivity index (χ0) is 12.4. The number of aromatic amines is 1. The topological polar surface area (TPSA) is 97.6 Å². The molecule has 0 aliphatic rings. The Morgan fingerprint density at radius 3 is 2.82 bits per heavy atom. The minimum absolute atomic E-state index is 0.129. The molecule has 0 amide bonds. The monoisotopic (exact) mass is 236 g/mol. The third-order valence-electron chi connectivity index (χ3n) is 2.33. The summed E-state index contributed by atoms with van der Waals surface area (Å²) in [5.74, 6) is 0.129. The van der Waals surface area contributed by atoms with Crippen LogP contribution in [-0.2, 0) is 20.6 Å². The van der Waals surface area contributed by atoms with Gasteiger partial charge in [-0.25, -0.2) is 9.48 Å². The number of rotatable bonds is 3. The van der Waals surface area contributed by atoms with Gasteiger partial charge in [0.1, 0.15) is 0 Å². The Balaban J connectivity index is 2.28. The minimum Gasteiger partial charge on any atom is -0.358 e. The van der Waals surface area contributed by atoms with E-state index in [0.29, 0.717) is 6.54 Å². The number of anilines is 1. The Kier molecular flexibility index (Phi) is 2.77. The van der Waals surface area contributed by atoms with E-state index in [1.165, 1.54) is 14.1 Å². The number of hydrogen-bond donors (Lipinski definition) is 2. The minimum atomic E-state index is -0.456. The van der Waals surface area contributed by atoms with Crippen molar-refractivity contribution in [3.8, 4) is 0 Å². The number of aryl methyl sites for hydroxylation is 1. The first-order chi connectivity index (χ1) is 8.09. The highest BCUT2D eigenvalue weighted by atomic mass is 16.2. The van der Waals surface area contributed by atoms with Crippen LogP contribution >= 0.6 is 0 Å². The summed E-state index contributed by atoms with van der Waals surface area (Å²) in [6.45, 7) is 0.389. The van der Waals surface area contributed by atoms with Crippen molar-refractivity contribution in [1.29, 1.82) is 0 Å². The van der Waals surface area contributed by atoms with Gasteiger partial charge in [-0.3, -0.25) is 14.5 Å². The van der Waals surface area contributed by atoms with Crippen LogP contribution in [0, 0.1) is 0 Å². The first-order valence-corrected chi connectivity index (χ1v) is 4.96. The van der Waals surface area contributed by atoms with Crippen molar-refractivity contribution in [3.63, 3.8) is 0 Å². The van der Waals surface area contributed by atoms with Crippen LogP contribution in [0.15, 0.2) is 21.9 Å². The van der Waals surface area contributed by atoms with Crippen LogP contribution in [-0.4, -0.2) is 24.5 Å². The van der Waals surface area contributed by atoms with Crippen molar-refractivity contribution < 1.29 is 0 Å². The molecule has 2 heterocycles. The fourth-order valence-corrected chi connectivity index (χ4v) is 1.37. The summed E-state index contributed by atoms with van der Waals surface area (Å²) in [5, 5.41) is 13.2. The molecule has 0 unspecified atom stereocenters. The molecule has 0 radical (unpaired) electrons. The lowest BCUT2D eigenvalue weighted by molar-refractivity contribution is 0.604. The van der Waals surface area contributed by atoms with Crippen LogP contribution in [0.3, 0.4) is 0 Å². The molecule has 17 heavy (non-hydrogen) atoms. The highest BCUT2D eigenvalue weighted by Crippen LogP contribution is 1.96. The highest BCUT2D eigenvalue weighted by Gasteiger charge is 2.07. The first-order valence-electron chi connectivity index (χ1n) is 4.96. The maximum atomic E-state index is 11.7. The van der Waals surface area contributed by atoms with E-state index < -0.39 is 11.2 Å². The second kappa shape index (κ2) is 4.24. The lowest BCUT2D eigenvalue weighted by Crippen LogP contribution is -2.39. The van der Waals surface area contributed by atoms with Gasteiger partial charge in [-0.1, -0.05) is 0 Å². The van der Waals surface area contributed by atoms with E-state index in [1.807, 2.05) is 0 Å². The first kappa shape index (κ1) is 11.1. The smallest absolute Gasteiger partial charge is 0.346 e. The predicted octanol–water partition coefficient (Wildman–Crippen LogP) is -1.19. The molecule has 8 heteroatoms. The van der Waals surface area contributed by atoms with E-state index in [4.69, 9.17) is 0 Å². The lowest BCUT2D eigenvalue weighted by atomic mass is 10.4. The van der Waals surface area contributed by atoms with Gasteiger partial charge in [0.05, 0.1) is 12.2 Å². The van der Waals surface area contributed by atoms with Crippen LogP contribution in [0.4, 0.5) is 5.82 Å². The maximum Gasteiger partial charge on any atom is 0.346 e. The van der Waals surface area contributed by atoms with Gasteiger partial charge >= 0.3 is 5.69 Å². The lowest BCUT2D eigenvalue weighted by Gasteiger charge is -2.06. The zero-order valence-electron chi connectivity index (χ0n) is 9.47. The maximum absolute atomic E-state index is 11.7. The average Bonchev–Trinajstić information content (AvgIpc) is 2.82. The number of nitrogens with one attached hydrogen (secondary N) is 2. The van der Waals surface area contributed by atoms with Crippen LogP contribution in [0.25, 0.3) is 0 Å². The normalized spacial score (nSPS) is 10.5. The van der Waals surface area contributed by atoms with Crippen molar-refractivity contribution in [1.82, 2.24) is 24.5 Å². The van der Waals surface area contributed by atoms with Crippen molar-refractivity contribution in [3.05, 3.63) is 38.8 Å². The second-order valence-corrected chi connectivity index (χ2v) is 3.55. The molecule has 90 valence electrons. The molecule has 0 spiro atoms. The molecule has 2 aromatic heterocycles. The Hall–Kier alpha value is -2.38. The van der Waals surface area contributed by atoms with E-state index in [0.717, 1.165) is 14.9 Å². The van der Waals surface area contributed by atoms with Gasteiger partial charge in [0.15, 0.2) is 0 Å². The second-order valence-electron chi connectivity index (χ2n) is 3.55. The van der Waals surface area contributed by atoms with E-state index in [1.54, 1.807) is 12.3 Å². The summed E-state index contributed by atoms with van der Waals surface area (Å²) < 4.78 is 2.11. The standard InChI is InChI=1S/C9H12N6O2/c1-14-8(16)7(13-15(2)9(14)17)10-5-6-3-4-11-12-6/h3-4H,5H2,1-2H3,(H,10,13)(H,11,12). The molecule has 0 saturated carbocycles. The van der Waals surface area contributed by atoms with Gasteiger partial charge < -0.3 is 5.32 Å². The highest BCUT2D eigenvalue weighted by molar-refractivity contribution is 5.30. The molecule has 2 aromatic rings. The van der Waals surface area contributed by atoms with Crippen molar-refractivity contribution in [2.75, 3.05) is 5.32 Å². The Morgan fingerprint density at radius 1 is 1.41 bits per heavy atom. The zero-order valence-corrected chi connectivity index (χ0v) is 9.47. The van der Waals surface area contributed by atoms with Crippen LogP contribution in [0.1, 0.15) is 5.69 Å². The van der Waals surface area contributed by atoms with Crippen molar-refractivity contribution >= 4 is 5.82 Å². The summed E-state index contributed by atoms with van der Waals surface area (Å²) in [7, 11) is 2.90. The summed E-state index contributed by atoms with van der Waals surface area (Å²) in [4.78, 5) is 23.1. The number of aromatic nitrogens is 5. The summed E-state index contributed by atoms with van der Waals surface area (Å²) >= 11 is 0. The molecule has 0 bridgehead atoms. The van der Waals surface area contributed by atoms with E-state index in [-0.39, 0.29) is 5.82 Å². The Bertz CT molecular complexity index is 624.